The fourth-order valence-electron chi connectivity index (χ4n) is 3.56. The van der Waals surface area contributed by atoms with E-state index in [1.807, 2.05) is 19.2 Å². The third-order valence-corrected chi connectivity index (χ3v) is 5.88. The highest BCUT2D eigenvalue weighted by Crippen LogP contribution is 2.36. The highest BCUT2D eigenvalue weighted by atomic mass is 32.2. The molecule has 21 heavy (non-hydrogen) atoms. The monoisotopic (exact) mass is 304 g/mol. The zero-order chi connectivity index (χ0) is 14.8. The number of fused-ring (bicyclic) bond motifs is 1. The van der Waals surface area contributed by atoms with Gasteiger partial charge in [0, 0.05) is 36.5 Å². The number of carbonyl (C=O) groups is 1. The second-order valence-corrected chi connectivity index (χ2v) is 7.60. The Morgan fingerprint density at radius 2 is 2.14 bits per heavy atom. The minimum Gasteiger partial charge on any atom is -0.315 e. The Labute approximate surface area is 131 Å². The summed E-state index contributed by atoms with van der Waals surface area (Å²) in [4.78, 5) is 14.0. The maximum atomic E-state index is 12.2. The number of carbonyl (C=O) groups excluding carboxylic acids is 1. The van der Waals surface area contributed by atoms with Gasteiger partial charge >= 0.3 is 0 Å². The third kappa shape index (κ3) is 3.11. The van der Waals surface area contributed by atoms with Crippen LogP contribution >= 0.6 is 11.8 Å². The average Bonchev–Trinajstić information content (AvgIpc) is 2.92. The SMILES string of the molecule is CCSC1CCC(NC2CC(=O)N(C)c3ccccc32)C1. The quantitative estimate of drug-likeness (QED) is 0.926. The molecule has 1 amide bonds. The van der Waals surface area contributed by atoms with E-state index in [2.05, 4.69) is 36.1 Å². The minimum atomic E-state index is 0.181. The van der Waals surface area contributed by atoms with Crippen LogP contribution in [0.15, 0.2) is 24.3 Å². The molecule has 1 saturated carbocycles. The first kappa shape index (κ1) is 14.9. The van der Waals surface area contributed by atoms with Gasteiger partial charge in [-0.3, -0.25) is 4.79 Å². The van der Waals surface area contributed by atoms with E-state index in [0.717, 1.165) is 10.9 Å². The minimum absolute atomic E-state index is 0.181. The molecule has 4 heteroatoms. The lowest BCUT2D eigenvalue weighted by Crippen LogP contribution is -2.40. The van der Waals surface area contributed by atoms with Crippen molar-refractivity contribution in [1.29, 1.82) is 0 Å². The fraction of sp³-hybridized carbons (Fsp3) is 0.588. The summed E-state index contributed by atoms with van der Waals surface area (Å²) in [6, 6.07) is 9.02. The molecule has 0 radical (unpaired) electrons. The normalized spacial score (nSPS) is 28.8. The standard InChI is InChI=1S/C17H24N2OS/c1-3-21-13-9-8-12(10-13)18-15-11-17(20)19(2)16-7-5-4-6-14(15)16/h4-7,12-13,15,18H,3,8-11H2,1-2H3. The maximum absolute atomic E-state index is 12.2. The van der Waals surface area contributed by atoms with Gasteiger partial charge in [-0.2, -0.15) is 11.8 Å². The number of rotatable bonds is 4. The highest BCUT2D eigenvalue weighted by molar-refractivity contribution is 7.99. The summed E-state index contributed by atoms with van der Waals surface area (Å²) in [7, 11) is 1.88. The van der Waals surface area contributed by atoms with Crippen molar-refractivity contribution in [2.75, 3.05) is 17.7 Å². The number of hydrogen-bond donors (Lipinski definition) is 1. The third-order valence-electron chi connectivity index (χ3n) is 4.65. The molecule has 1 N–H and O–H groups in total. The molecule has 0 bridgehead atoms. The Morgan fingerprint density at radius 1 is 1.33 bits per heavy atom. The molecule has 1 aromatic carbocycles. The smallest absolute Gasteiger partial charge is 0.228 e. The number of nitrogens with zero attached hydrogens (tertiary/aromatic N) is 1. The molecule has 0 saturated heterocycles. The average molecular weight is 304 g/mol. The summed E-state index contributed by atoms with van der Waals surface area (Å²) in [6.45, 7) is 2.23. The van der Waals surface area contributed by atoms with Gasteiger partial charge in [0.1, 0.15) is 0 Å². The largest absolute Gasteiger partial charge is 0.315 e. The number of amides is 1. The second-order valence-electron chi connectivity index (χ2n) is 6.02. The van der Waals surface area contributed by atoms with E-state index >= 15 is 0 Å². The summed E-state index contributed by atoms with van der Waals surface area (Å²) in [5.41, 5.74) is 2.33. The number of hydrogen-bond acceptors (Lipinski definition) is 3. The van der Waals surface area contributed by atoms with Gasteiger partial charge in [-0.1, -0.05) is 25.1 Å². The zero-order valence-electron chi connectivity index (χ0n) is 12.8. The van der Waals surface area contributed by atoms with Gasteiger partial charge in [0.25, 0.3) is 0 Å². The van der Waals surface area contributed by atoms with Crippen LogP contribution in [0, 0.1) is 0 Å². The molecule has 2 aliphatic rings. The summed E-state index contributed by atoms with van der Waals surface area (Å²) >= 11 is 2.08. The van der Waals surface area contributed by atoms with Crippen molar-refractivity contribution in [3.8, 4) is 0 Å². The number of nitrogens with one attached hydrogen (secondary N) is 1. The van der Waals surface area contributed by atoms with E-state index in [0.29, 0.717) is 12.5 Å². The molecule has 3 nitrogen and oxygen atoms in total. The number of para-hydroxylation sites is 1. The molecule has 3 unspecified atom stereocenters. The van der Waals surface area contributed by atoms with E-state index in [1.165, 1.54) is 30.6 Å². The van der Waals surface area contributed by atoms with Gasteiger partial charge in [0.2, 0.25) is 5.91 Å². The molecule has 1 aliphatic heterocycles. The number of benzene rings is 1. The van der Waals surface area contributed by atoms with Crippen molar-refractivity contribution in [2.45, 2.75) is 49.9 Å². The first-order chi connectivity index (χ1) is 10.2. The summed E-state index contributed by atoms with van der Waals surface area (Å²) < 4.78 is 0. The van der Waals surface area contributed by atoms with E-state index in [-0.39, 0.29) is 11.9 Å². The zero-order valence-corrected chi connectivity index (χ0v) is 13.7. The molecule has 1 heterocycles. The van der Waals surface area contributed by atoms with Crippen LogP contribution in [0.3, 0.4) is 0 Å². The number of anilines is 1. The first-order valence-corrected chi connectivity index (χ1v) is 8.97. The molecule has 0 spiro atoms. The Hall–Kier alpha value is -1.00. The summed E-state index contributed by atoms with van der Waals surface area (Å²) in [6.07, 6.45) is 4.36. The van der Waals surface area contributed by atoms with Gasteiger partial charge in [0.05, 0.1) is 0 Å². The Bertz CT molecular complexity index is 519. The molecule has 1 aromatic rings. The molecular formula is C17H24N2OS. The van der Waals surface area contributed by atoms with Crippen LogP contribution in [0.4, 0.5) is 5.69 Å². The van der Waals surface area contributed by atoms with E-state index < -0.39 is 0 Å². The van der Waals surface area contributed by atoms with Crippen LogP contribution in [0.2, 0.25) is 0 Å². The molecule has 1 fully saturated rings. The van der Waals surface area contributed by atoms with Gasteiger partial charge < -0.3 is 10.2 Å². The van der Waals surface area contributed by atoms with Crippen LogP contribution in [0.1, 0.15) is 44.2 Å². The lowest BCUT2D eigenvalue weighted by atomic mass is 9.95. The Kier molecular flexibility index (Phi) is 4.55. The van der Waals surface area contributed by atoms with Crippen molar-refractivity contribution in [3.05, 3.63) is 29.8 Å². The second kappa shape index (κ2) is 6.41. The first-order valence-electron chi connectivity index (χ1n) is 7.92. The Balaban J connectivity index is 1.72. The summed E-state index contributed by atoms with van der Waals surface area (Å²) in [5, 5.41) is 4.55. The van der Waals surface area contributed by atoms with Crippen LogP contribution in [0.25, 0.3) is 0 Å². The van der Waals surface area contributed by atoms with Gasteiger partial charge in [-0.15, -0.1) is 0 Å². The van der Waals surface area contributed by atoms with Crippen molar-refractivity contribution < 1.29 is 4.79 Å². The van der Waals surface area contributed by atoms with Crippen molar-refractivity contribution in [2.24, 2.45) is 0 Å². The van der Waals surface area contributed by atoms with E-state index in [1.54, 1.807) is 4.90 Å². The lowest BCUT2D eigenvalue weighted by molar-refractivity contribution is -0.119. The van der Waals surface area contributed by atoms with Crippen LogP contribution < -0.4 is 10.2 Å². The number of thioether (sulfide) groups is 1. The topological polar surface area (TPSA) is 32.3 Å². The predicted octanol–water partition coefficient (Wildman–Crippen LogP) is 3.36. The van der Waals surface area contributed by atoms with Gasteiger partial charge in [0.15, 0.2) is 0 Å². The van der Waals surface area contributed by atoms with Crippen molar-refractivity contribution >= 4 is 23.4 Å². The van der Waals surface area contributed by atoms with Crippen LogP contribution in [-0.2, 0) is 4.79 Å². The van der Waals surface area contributed by atoms with Crippen LogP contribution in [-0.4, -0.2) is 30.0 Å². The van der Waals surface area contributed by atoms with E-state index in [9.17, 15) is 4.79 Å². The Morgan fingerprint density at radius 3 is 2.95 bits per heavy atom. The van der Waals surface area contributed by atoms with Gasteiger partial charge in [-0.05, 0) is 36.6 Å². The summed E-state index contributed by atoms with van der Waals surface area (Å²) in [5.74, 6) is 1.41. The van der Waals surface area contributed by atoms with Crippen molar-refractivity contribution in [1.82, 2.24) is 5.32 Å². The molecular weight excluding hydrogens is 280 g/mol. The fourth-order valence-corrected chi connectivity index (χ4v) is 4.70. The molecule has 3 rings (SSSR count). The lowest BCUT2D eigenvalue weighted by Gasteiger charge is -2.33. The molecule has 1 aliphatic carbocycles. The van der Waals surface area contributed by atoms with Crippen LogP contribution in [0.5, 0.6) is 0 Å². The van der Waals surface area contributed by atoms with E-state index in [4.69, 9.17) is 0 Å². The molecule has 114 valence electrons. The highest BCUT2D eigenvalue weighted by Gasteiger charge is 2.32. The molecule has 3 atom stereocenters. The maximum Gasteiger partial charge on any atom is 0.228 e. The molecule has 0 aromatic heterocycles. The van der Waals surface area contributed by atoms with Crippen molar-refractivity contribution in [3.63, 3.8) is 0 Å². The predicted molar refractivity (Wildman–Crippen MR) is 89.9 cm³/mol. The van der Waals surface area contributed by atoms with Gasteiger partial charge in [-0.25, -0.2) is 0 Å².